The van der Waals surface area contributed by atoms with Gasteiger partial charge in [0, 0.05) is 67.7 Å². The molecule has 3 unspecified atom stereocenters. The van der Waals surface area contributed by atoms with Gasteiger partial charge in [0.1, 0.15) is 5.60 Å². The molecule has 2 amide bonds. The van der Waals surface area contributed by atoms with Crippen molar-refractivity contribution in [3.63, 3.8) is 0 Å². The third-order valence-corrected chi connectivity index (χ3v) is 7.46. The van der Waals surface area contributed by atoms with E-state index in [1.54, 1.807) is 11.8 Å². The number of amides is 2. The van der Waals surface area contributed by atoms with Crippen molar-refractivity contribution < 1.29 is 14.3 Å². The lowest BCUT2D eigenvalue weighted by Gasteiger charge is -2.46. The first-order chi connectivity index (χ1) is 18.0. The number of benzene rings is 2. The van der Waals surface area contributed by atoms with E-state index in [-0.39, 0.29) is 30.0 Å². The molecule has 3 atom stereocenters. The van der Waals surface area contributed by atoms with Crippen LogP contribution in [0.25, 0.3) is 0 Å². The first kappa shape index (κ1) is 27.3. The fourth-order valence-electron chi connectivity index (χ4n) is 5.59. The highest BCUT2D eigenvalue weighted by Gasteiger charge is 2.40. The van der Waals surface area contributed by atoms with Gasteiger partial charge < -0.3 is 24.8 Å². The van der Waals surface area contributed by atoms with Gasteiger partial charge in [-0.2, -0.15) is 5.26 Å². The molecule has 8 nitrogen and oxygen atoms in total. The largest absolute Gasteiger partial charge is 0.444 e. The molecule has 0 aliphatic carbocycles. The number of carbonyl (C=O) groups is 2. The first-order valence-electron chi connectivity index (χ1n) is 13.5. The normalized spacial score (nSPS) is 21.4. The van der Waals surface area contributed by atoms with Crippen molar-refractivity contribution in [3.8, 4) is 6.07 Å². The lowest BCUT2D eigenvalue weighted by molar-refractivity contribution is -0.117. The van der Waals surface area contributed by atoms with Crippen LogP contribution in [0.1, 0.15) is 65.1 Å². The van der Waals surface area contributed by atoms with E-state index in [0.29, 0.717) is 31.7 Å². The van der Waals surface area contributed by atoms with Gasteiger partial charge in [0.25, 0.3) is 0 Å². The highest BCUT2D eigenvalue weighted by atomic mass is 16.6. The standard InChI is InChI=1S/C30H39N5O3/c1-7-26-20(2)28(32-23-10-8-22(19-31)9-11-23)25-18-24(12-13-27(25)35(26)21(3)36)33-14-16-34(17-15-33)29(37)38-30(4,5)6/h8-13,18,20,26,28,32H,7,14-17H2,1-6H3. The van der Waals surface area contributed by atoms with Gasteiger partial charge in [0.15, 0.2) is 0 Å². The number of anilines is 3. The number of fused-ring (bicyclic) bond motifs is 1. The third-order valence-electron chi connectivity index (χ3n) is 7.46. The van der Waals surface area contributed by atoms with E-state index in [9.17, 15) is 14.9 Å². The molecule has 2 heterocycles. The molecule has 2 aliphatic heterocycles. The van der Waals surface area contributed by atoms with Crippen molar-refractivity contribution in [2.24, 2.45) is 5.92 Å². The maximum Gasteiger partial charge on any atom is 0.410 e. The van der Waals surface area contributed by atoms with Crippen LogP contribution in [0, 0.1) is 17.2 Å². The molecule has 38 heavy (non-hydrogen) atoms. The molecule has 2 aromatic rings. The summed E-state index contributed by atoms with van der Waals surface area (Å²) in [6.45, 7) is 14.2. The number of piperazine rings is 1. The van der Waals surface area contributed by atoms with Crippen molar-refractivity contribution in [1.82, 2.24) is 4.90 Å². The molecule has 8 heteroatoms. The maximum absolute atomic E-state index is 12.8. The smallest absolute Gasteiger partial charge is 0.410 e. The Kier molecular flexibility index (Phi) is 7.86. The van der Waals surface area contributed by atoms with Crippen LogP contribution in [0.5, 0.6) is 0 Å². The molecule has 0 saturated carbocycles. The Hall–Kier alpha value is -3.73. The monoisotopic (exact) mass is 517 g/mol. The number of ether oxygens (including phenoxy) is 1. The van der Waals surface area contributed by atoms with Crippen LogP contribution < -0.4 is 15.1 Å². The lowest BCUT2D eigenvalue weighted by Crippen LogP contribution is -2.51. The van der Waals surface area contributed by atoms with Crippen LogP contribution in [0.4, 0.5) is 21.9 Å². The predicted molar refractivity (Wildman–Crippen MR) is 150 cm³/mol. The van der Waals surface area contributed by atoms with Gasteiger partial charge in [-0.3, -0.25) is 4.79 Å². The summed E-state index contributed by atoms with van der Waals surface area (Å²) >= 11 is 0. The average molecular weight is 518 g/mol. The number of nitrogens with one attached hydrogen (secondary N) is 1. The minimum Gasteiger partial charge on any atom is -0.444 e. The summed E-state index contributed by atoms with van der Waals surface area (Å²) in [4.78, 5) is 31.3. The molecule has 1 N–H and O–H groups in total. The van der Waals surface area contributed by atoms with E-state index in [1.807, 2.05) is 49.9 Å². The zero-order chi connectivity index (χ0) is 27.6. The second-order valence-corrected chi connectivity index (χ2v) is 11.2. The summed E-state index contributed by atoms with van der Waals surface area (Å²) in [7, 11) is 0. The van der Waals surface area contributed by atoms with E-state index in [2.05, 4.69) is 48.3 Å². The van der Waals surface area contributed by atoms with Crippen molar-refractivity contribution >= 4 is 29.1 Å². The van der Waals surface area contributed by atoms with Gasteiger partial charge >= 0.3 is 6.09 Å². The van der Waals surface area contributed by atoms with Gasteiger partial charge in [-0.05, 0) is 69.7 Å². The zero-order valence-corrected chi connectivity index (χ0v) is 23.3. The SMILES string of the molecule is CCC1C(C)C(Nc2ccc(C#N)cc2)c2cc(N3CCN(C(=O)OC(C)(C)C)CC3)ccc2N1C(C)=O. The number of hydrogen-bond acceptors (Lipinski definition) is 6. The molecule has 0 radical (unpaired) electrons. The Morgan fingerprint density at radius 2 is 1.74 bits per heavy atom. The summed E-state index contributed by atoms with van der Waals surface area (Å²) in [5.74, 6) is 0.201. The highest BCUT2D eigenvalue weighted by molar-refractivity contribution is 5.94. The number of rotatable bonds is 4. The van der Waals surface area contributed by atoms with Crippen LogP contribution in [0.2, 0.25) is 0 Å². The highest BCUT2D eigenvalue weighted by Crippen LogP contribution is 2.45. The second-order valence-electron chi connectivity index (χ2n) is 11.2. The maximum atomic E-state index is 12.8. The molecule has 0 aromatic heterocycles. The number of carbonyl (C=O) groups excluding carboxylic acids is 2. The van der Waals surface area contributed by atoms with Crippen molar-refractivity contribution in [3.05, 3.63) is 53.6 Å². The van der Waals surface area contributed by atoms with Crippen LogP contribution in [0.15, 0.2) is 42.5 Å². The predicted octanol–water partition coefficient (Wildman–Crippen LogP) is 5.55. The van der Waals surface area contributed by atoms with Crippen molar-refractivity contribution in [2.45, 2.75) is 65.6 Å². The molecular weight excluding hydrogens is 478 g/mol. The Balaban J connectivity index is 1.62. The molecule has 0 bridgehead atoms. The van der Waals surface area contributed by atoms with Gasteiger partial charge in [-0.25, -0.2) is 4.79 Å². The van der Waals surface area contributed by atoms with Crippen LogP contribution in [0.3, 0.4) is 0 Å². The first-order valence-corrected chi connectivity index (χ1v) is 13.5. The van der Waals surface area contributed by atoms with E-state index in [4.69, 9.17) is 4.74 Å². The molecular formula is C30H39N5O3. The van der Waals surface area contributed by atoms with Crippen molar-refractivity contribution in [1.29, 1.82) is 5.26 Å². The molecule has 1 fully saturated rings. The fraction of sp³-hybridized carbons (Fsp3) is 0.500. The molecule has 202 valence electrons. The van der Waals surface area contributed by atoms with Crippen LogP contribution in [-0.4, -0.2) is 54.7 Å². The van der Waals surface area contributed by atoms with Gasteiger partial charge in [0.05, 0.1) is 17.7 Å². The minimum atomic E-state index is -0.515. The molecule has 1 saturated heterocycles. The zero-order valence-electron chi connectivity index (χ0n) is 23.3. The van der Waals surface area contributed by atoms with Gasteiger partial charge in [-0.1, -0.05) is 13.8 Å². The molecule has 0 spiro atoms. The van der Waals surface area contributed by atoms with Crippen molar-refractivity contribution in [2.75, 3.05) is 41.3 Å². The van der Waals surface area contributed by atoms with Gasteiger partial charge in [0.2, 0.25) is 5.91 Å². The molecule has 2 aliphatic rings. The van der Waals surface area contributed by atoms with E-state index in [1.165, 1.54) is 0 Å². The fourth-order valence-corrected chi connectivity index (χ4v) is 5.59. The van der Waals surface area contributed by atoms with Gasteiger partial charge in [-0.15, -0.1) is 0 Å². The molecule has 4 rings (SSSR count). The number of nitriles is 1. The number of hydrogen-bond donors (Lipinski definition) is 1. The second kappa shape index (κ2) is 10.9. The summed E-state index contributed by atoms with van der Waals surface area (Å²) in [5, 5.41) is 12.9. The Bertz CT molecular complexity index is 1210. The minimum absolute atomic E-state index is 0.0125. The quantitative estimate of drug-likeness (QED) is 0.572. The van der Waals surface area contributed by atoms with E-state index in [0.717, 1.165) is 29.0 Å². The topological polar surface area (TPSA) is 88.9 Å². The summed E-state index contributed by atoms with van der Waals surface area (Å²) in [6.07, 6.45) is 0.575. The Labute approximate surface area is 226 Å². The summed E-state index contributed by atoms with van der Waals surface area (Å²) in [6, 6.07) is 16.1. The van der Waals surface area contributed by atoms with E-state index >= 15 is 0 Å². The lowest BCUT2D eigenvalue weighted by atomic mass is 9.80. The summed E-state index contributed by atoms with van der Waals surface area (Å²) in [5.41, 5.74) is 4.13. The summed E-state index contributed by atoms with van der Waals surface area (Å²) < 4.78 is 5.55. The Morgan fingerprint density at radius 3 is 2.29 bits per heavy atom. The average Bonchev–Trinajstić information content (AvgIpc) is 2.89. The number of nitrogens with zero attached hydrogens (tertiary/aromatic N) is 4. The van der Waals surface area contributed by atoms with Crippen LogP contribution in [-0.2, 0) is 9.53 Å². The van der Waals surface area contributed by atoms with E-state index < -0.39 is 5.60 Å². The Morgan fingerprint density at radius 1 is 1.08 bits per heavy atom. The van der Waals surface area contributed by atoms with Crippen LogP contribution >= 0.6 is 0 Å². The third kappa shape index (κ3) is 5.72. The molecule has 2 aromatic carbocycles.